The van der Waals surface area contributed by atoms with Crippen LogP contribution in [-0.2, 0) is 0 Å². The van der Waals surface area contributed by atoms with Crippen LogP contribution in [0.4, 0.5) is 5.82 Å². The summed E-state index contributed by atoms with van der Waals surface area (Å²) in [6.07, 6.45) is 6.72. The molecule has 4 heteroatoms. The van der Waals surface area contributed by atoms with Crippen LogP contribution in [0.1, 0.15) is 18.7 Å². The molecule has 0 unspecified atom stereocenters. The van der Waals surface area contributed by atoms with Crippen molar-refractivity contribution in [2.45, 2.75) is 19.8 Å². The number of rotatable bonds is 4. The second-order valence-electron chi connectivity index (χ2n) is 2.95. The molecule has 0 saturated heterocycles. The fraction of sp³-hybridized carbons (Fsp3) is 0.400. The highest BCUT2D eigenvalue weighted by molar-refractivity contribution is 5.32. The van der Waals surface area contributed by atoms with Crippen LogP contribution in [0.5, 0.6) is 0 Å². The lowest BCUT2D eigenvalue weighted by molar-refractivity contribution is 0.893. The summed E-state index contributed by atoms with van der Waals surface area (Å²) in [6.45, 7) is 2.48. The molecule has 4 nitrogen and oxygen atoms in total. The number of nitrogens with one attached hydrogen (secondary N) is 2. The second-order valence-corrected chi connectivity index (χ2v) is 2.95. The highest BCUT2D eigenvalue weighted by Crippen LogP contribution is 1.98. The van der Waals surface area contributed by atoms with Gasteiger partial charge in [-0.15, -0.1) is 12.3 Å². The SMILES string of the molecule is C#CCCCNc1cc(=O)[nH]c(C)n1. The van der Waals surface area contributed by atoms with Gasteiger partial charge >= 0.3 is 0 Å². The lowest BCUT2D eigenvalue weighted by Gasteiger charge is -2.03. The van der Waals surface area contributed by atoms with E-state index in [1.807, 2.05) is 0 Å². The monoisotopic (exact) mass is 191 g/mol. The van der Waals surface area contributed by atoms with E-state index in [9.17, 15) is 4.79 Å². The van der Waals surface area contributed by atoms with E-state index in [4.69, 9.17) is 6.42 Å². The first kappa shape index (κ1) is 10.3. The summed E-state index contributed by atoms with van der Waals surface area (Å²) in [5.74, 6) is 3.76. The molecule has 1 rings (SSSR count). The van der Waals surface area contributed by atoms with Gasteiger partial charge in [-0.05, 0) is 13.3 Å². The van der Waals surface area contributed by atoms with E-state index in [1.165, 1.54) is 6.07 Å². The van der Waals surface area contributed by atoms with Crippen molar-refractivity contribution in [1.82, 2.24) is 9.97 Å². The summed E-state index contributed by atoms with van der Waals surface area (Å²) < 4.78 is 0. The molecule has 0 aliphatic rings. The molecule has 14 heavy (non-hydrogen) atoms. The van der Waals surface area contributed by atoms with E-state index in [-0.39, 0.29) is 5.56 Å². The maximum atomic E-state index is 11.0. The van der Waals surface area contributed by atoms with Crippen LogP contribution in [0.25, 0.3) is 0 Å². The van der Waals surface area contributed by atoms with E-state index in [0.29, 0.717) is 11.6 Å². The maximum absolute atomic E-state index is 11.0. The summed E-state index contributed by atoms with van der Waals surface area (Å²) in [5.41, 5.74) is -0.142. The average Bonchev–Trinajstić information content (AvgIpc) is 2.11. The molecule has 0 aliphatic heterocycles. The van der Waals surface area contributed by atoms with Gasteiger partial charge in [0.2, 0.25) is 0 Å². The van der Waals surface area contributed by atoms with Gasteiger partial charge < -0.3 is 10.3 Å². The van der Waals surface area contributed by atoms with Crippen molar-refractivity contribution in [3.63, 3.8) is 0 Å². The van der Waals surface area contributed by atoms with Gasteiger partial charge in [0.25, 0.3) is 5.56 Å². The molecule has 74 valence electrons. The Morgan fingerprint density at radius 2 is 2.50 bits per heavy atom. The molecule has 0 amide bonds. The van der Waals surface area contributed by atoms with Gasteiger partial charge in [0.15, 0.2) is 0 Å². The standard InChI is InChI=1S/C10H13N3O/c1-3-4-5-6-11-9-7-10(14)13-8(2)12-9/h1,7H,4-6H2,2H3,(H2,11,12,13,14). The average molecular weight is 191 g/mol. The molecule has 0 spiro atoms. The fourth-order valence-corrected chi connectivity index (χ4v) is 1.08. The van der Waals surface area contributed by atoms with E-state index in [1.54, 1.807) is 6.92 Å². The van der Waals surface area contributed by atoms with Crippen LogP contribution in [0.15, 0.2) is 10.9 Å². The summed E-state index contributed by atoms with van der Waals surface area (Å²) in [7, 11) is 0. The van der Waals surface area contributed by atoms with Crippen molar-refractivity contribution < 1.29 is 0 Å². The van der Waals surface area contributed by atoms with Gasteiger partial charge in [-0.1, -0.05) is 0 Å². The van der Waals surface area contributed by atoms with Crippen molar-refractivity contribution in [3.05, 3.63) is 22.2 Å². The number of hydrogen-bond donors (Lipinski definition) is 2. The summed E-state index contributed by atoms with van der Waals surface area (Å²) >= 11 is 0. The molecule has 0 radical (unpaired) electrons. The number of aromatic nitrogens is 2. The Morgan fingerprint density at radius 1 is 1.71 bits per heavy atom. The predicted octanol–water partition coefficient (Wildman–Crippen LogP) is 0.904. The highest BCUT2D eigenvalue weighted by Gasteiger charge is 1.95. The quantitative estimate of drug-likeness (QED) is 0.549. The van der Waals surface area contributed by atoms with E-state index in [0.717, 1.165) is 19.4 Å². The Kier molecular flexibility index (Phi) is 3.74. The molecule has 1 aromatic rings. The lowest BCUT2D eigenvalue weighted by Crippen LogP contribution is -2.12. The zero-order valence-electron chi connectivity index (χ0n) is 8.13. The van der Waals surface area contributed by atoms with Crippen molar-refractivity contribution in [2.75, 3.05) is 11.9 Å². The molecule has 0 saturated carbocycles. The minimum absolute atomic E-state index is 0.142. The molecule has 2 N–H and O–H groups in total. The summed E-state index contributed by atoms with van der Waals surface area (Å²) in [4.78, 5) is 17.7. The first-order valence-electron chi connectivity index (χ1n) is 4.47. The Labute approximate surface area is 82.8 Å². The smallest absolute Gasteiger partial charge is 0.252 e. The van der Waals surface area contributed by atoms with Crippen LogP contribution < -0.4 is 10.9 Å². The first-order valence-corrected chi connectivity index (χ1v) is 4.47. The normalized spacial score (nSPS) is 9.43. The van der Waals surface area contributed by atoms with Gasteiger partial charge in [0.05, 0.1) is 0 Å². The number of hydrogen-bond acceptors (Lipinski definition) is 3. The Hall–Kier alpha value is -1.76. The van der Waals surface area contributed by atoms with Crippen LogP contribution in [0, 0.1) is 19.3 Å². The number of anilines is 1. The van der Waals surface area contributed by atoms with Crippen molar-refractivity contribution in [2.24, 2.45) is 0 Å². The number of aryl methyl sites for hydroxylation is 1. The Balaban J connectivity index is 2.51. The summed E-state index contributed by atoms with van der Waals surface area (Å²) in [6, 6.07) is 1.43. The van der Waals surface area contributed by atoms with Gasteiger partial charge in [-0.25, -0.2) is 4.98 Å². The number of H-pyrrole nitrogens is 1. The Morgan fingerprint density at radius 3 is 3.14 bits per heavy atom. The number of unbranched alkanes of at least 4 members (excludes halogenated alkanes) is 1. The second kappa shape index (κ2) is 5.07. The summed E-state index contributed by atoms with van der Waals surface area (Å²) in [5, 5.41) is 3.03. The molecule has 0 bridgehead atoms. The minimum atomic E-state index is -0.142. The molecule has 0 atom stereocenters. The molecule has 0 fully saturated rings. The van der Waals surface area contributed by atoms with Crippen molar-refractivity contribution >= 4 is 5.82 Å². The molecule has 0 aliphatic carbocycles. The minimum Gasteiger partial charge on any atom is -0.370 e. The van der Waals surface area contributed by atoms with Gasteiger partial charge in [0, 0.05) is 19.0 Å². The molecule has 0 aromatic carbocycles. The van der Waals surface area contributed by atoms with E-state index >= 15 is 0 Å². The maximum Gasteiger partial charge on any atom is 0.252 e. The van der Waals surface area contributed by atoms with Crippen LogP contribution >= 0.6 is 0 Å². The number of aromatic amines is 1. The van der Waals surface area contributed by atoms with Gasteiger partial charge in [0.1, 0.15) is 11.6 Å². The third-order valence-electron chi connectivity index (χ3n) is 1.66. The molecule has 1 heterocycles. The van der Waals surface area contributed by atoms with Crippen LogP contribution in [-0.4, -0.2) is 16.5 Å². The largest absolute Gasteiger partial charge is 0.370 e. The van der Waals surface area contributed by atoms with Gasteiger partial charge in [-0.2, -0.15) is 0 Å². The highest BCUT2D eigenvalue weighted by atomic mass is 16.1. The Bertz CT molecular complexity index is 389. The zero-order chi connectivity index (χ0) is 10.4. The fourth-order valence-electron chi connectivity index (χ4n) is 1.08. The van der Waals surface area contributed by atoms with Crippen LogP contribution in [0.3, 0.4) is 0 Å². The number of nitrogens with zero attached hydrogens (tertiary/aromatic N) is 1. The van der Waals surface area contributed by atoms with Crippen molar-refractivity contribution in [1.29, 1.82) is 0 Å². The van der Waals surface area contributed by atoms with Crippen LogP contribution in [0.2, 0.25) is 0 Å². The third kappa shape index (κ3) is 3.31. The topological polar surface area (TPSA) is 57.8 Å². The lowest BCUT2D eigenvalue weighted by atomic mass is 10.3. The molecular weight excluding hydrogens is 178 g/mol. The molecule has 1 aromatic heterocycles. The third-order valence-corrected chi connectivity index (χ3v) is 1.66. The number of terminal acetylenes is 1. The van der Waals surface area contributed by atoms with Gasteiger partial charge in [-0.3, -0.25) is 4.79 Å². The molecular formula is C10H13N3O. The van der Waals surface area contributed by atoms with E-state index in [2.05, 4.69) is 21.2 Å². The van der Waals surface area contributed by atoms with Crippen molar-refractivity contribution in [3.8, 4) is 12.3 Å². The first-order chi connectivity index (χ1) is 6.72. The predicted molar refractivity (Wildman–Crippen MR) is 56.2 cm³/mol. The van der Waals surface area contributed by atoms with E-state index < -0.39 is 0 Å². The zero-order valence-corrected chi connectivity index (χ0v) is 8.13.